The van der Waals surface area contributed by atoms with Crippen LogP contribution < -0.4 is 10.0 Å². The Hall–Kier alpha value is -2.72. The minimum atomic E-state index is -3.90. The molecule has 2 heterocycles. The van der Waals surface area contributed by atoms with Crippen LogP contribution in [0.1, 0.15) is 20.8 Å². The van der Waals surface area contributed by atoms with Crippen LogP contribution in [0.4, 0.5) is 11.4 Å². The quantitative estimate of drug-likeness (QED) is 0.545. The smallest absolute Gasteiger partial charge is 0.267 e. The van der Waals surface area contributed by atoms with Crippen LogP contribution in [0.2, 0.25) is 0 Å². The zero-order chi connectivity index (χ0) is 22.6. The van der Waals surface area contributed by atoms with Crippen LogP contribution in [0.3, 0.4) is 0 Å². The number of sulfonamides is 1. The van der Waals surface area contributed by atoms with Crippen LogP contribution in [0.15, 0.2) is 64.9 Å². The van der Waals surface area contributed by atoms with Crippen LogP contribution >= 0.6 is 11.3 Å². The van der Waals surface area contributed by atoms with E-state index < -0.39 is 15.9 Å². The van der Waals surface area contributed by atoms with E-state index in [4.69, 9.17) is 4.74 Å². The third-order valence-electron chi connectivity index (χ3n) is 5.12. The van der Waals surface area contributed by atoms with Gasteiger partial charge in [-0.1, -0.05) is 29.8 Å². The number of carbonyl (C=O) groups excluding carboxylic acids is 1. The molecule has 0 unspecified atom stereocenters. The minimum Gasteiger partial charge on any atom is -0.379 e. The highest BCUT2D eigenvalue weighted by Crippen LogP contribution is 2.26. The van der Waals surface area contributed by atoms with Crippen LogP contribution in [0.25, 0.3) is 0 Å². The topological polar surface area (TPSA) is 87.7 Å². The maximum absolute atomic E-state index is 12.9. The highest BCUT2D eigenvalue weighted by molar-refractivity contribution is 7.93. The predicted molar refractivity (Wildman–Crippen MR) is 127 cm³/mol. The molecule has 0 saturated carbocycles. The molecule has 1 aromatic heterocycles. The summed E-state index contributed by atoms with van der Waals surface area (Å²) in [6, 6.07) is 16.1. The van der Waals surface area contributed by atoms with Gasteiger partial charge in [0.2, 0.25) is 0 Å². The van der Waals surface area contributed by atoms with Gasteiger partial charge in [-0.25, -0.2) is 8.42 Å². The number of hydrogen-bond acceptors (Lipinski definition) is 6. The second kappa shape index (κ2) is 9.83. The monoisotopic (exact) mass is 471 g/mol. The second-order valence-electron chi connectivity index (χ2n) is 7.63. The number of aryl methyl sites for hydroxylation is 1. The first-order chi connectivity index (χ1) is 15.4. The van der Waals surface area contributed by atoms with E-state index in [1.54, 1.807) is 23.6 Å². The molecule has 1 saturated heterocycles. The summed E-state index contributed by atoms with van der Waals surface area (Å²) < 4.78 is 33.7. The first-order valence-corrected chi connectivity index (χ1v) is 12.6. The van der Waals surface area contributed by atoms with Gasteiger partial charge in [0.15, 0.2) is 0 Å². The van der Waals surface area contributed by atoms with Crippen molar-refractivity contribution in [1.82, 2.24) is 4.90 Å². The van der Waals surface area contributed by atoms with E-state index in [9.17, 15) is 13.2 Å². The number of anilines is 2. The number of hydrogen-bond donors (Lipinski definition) is 2. The van der Waals surface area contributed by atoms with Crippen molar-refractivity contribution in [1.29, 1.82) is 0 Å². The largest absolute Gasteiger partial charge is 0.379 e. The number of nitrogens with zero attached hydrogens (tertiary/aromatic N) is 1. The Morgan fingerprint density at radius 3 is 2.56 bits per heavy atom. The zero-order valence-electron chi connectivity index (χ0n) is 17.7. The Labute approximate surface area is 192 Å². The first-order valence-electron chi connectivity index (χ1n) is 10.3. The van der Waals surface area contributed by atoms with Crippen molar-refractivity contribution < 1.29 is 17.9 Å². The molecule has 1 fully saturated rings. The molecule has 0 atom stereocenters. The Morgan fingerprint density at radius 1 is 1.06 bits per heavy atom. The number of amides is 1. The molecule has 9 heteroatoms. The normalized spacial score (nSPS) is 14.8. The summed E-state index contributed by atoms with van der Waals surface area (Å²) in [7, 11) is -3.90. The van der Waals surface area contributed by atoms with Crippen molar-refractivity contribution in [2.75, 3.05) is 36.3 Å². The van der Waals surface area contributed by atoms with Crippen LogP contribution in [-0.2, 0) is 21.3 Å². The molecular formula is C23H25N3O4S2. The van der Waals surface area contributed by atoms with Gasteiger partial charge in [-0.2, -0.15) is 0 Å². The molecule has 1 amide bonds. The third kappa shape index (κ3) is 5.55. The number of ether oxygens (including phenoxy) is 1. The fourth-order valence-electron chi connectivity index (χ4n) is 3.46. The summed E-state index contributed by atoms with van der Waals surface area (Å²) in [6.45, 7) is 5.90. The van der Waals surface area contributed by atoms with Crippen LogP contribution in [0.5, 0.6) is 0 Å². The van der Waals surface area contributed by atoms with Gasteiger partial charge in [-0.3, -0.25) is 14.4 Å². The molecule has 4 rings (SSSR count). The first kappa shape index (κ1) is 22.5. The molecule has 2 aromatic carbocycles. The van der Waals surface area contributed by atoms with Crippen LogP contribution in [0, 0.1) is 6.92 Å². The molecule has 2 N–H and O–H groups in total. The summed E-state index contributed by atoms with van der Waals surface area (Å²) >= 11 is 1.10. The van der Waals surface area contributed by atoms with E-state index in [1.165, 1.54) is 6.07 Å². The Kier molecular flexibility index (Phi) is 6.90. The van der Waals surface area contributed by atoms with Crippen molar-refractivity contribution in [3.63, 3.8) is 0 Å². The molecule has 0 radical (unpaired) electrons. The second-order valence-corrected chi connectivity index (χ2v) is 10.2. The summed E-state index contributed by atoms with van der Waals surface area (Å²) in [5, 5.41) is 4.45. The lowest BCUT2D eigenvalue weighted by Gasteiger charge is -2.26. The Balaban J connectivity index is 1.47. The Morgan fingerprint density at radius 2 is 1.81 bits per heavy atom. The van der Waals surface area contributed by atoms with Gasteiger partial charge in [0.1, 0.15) is 9.77 Å². The van der Waals surface area contributed by atoms with E-state index in [0.29, 0.717) is 11.4 Å². The van der Waals surface area contributed by atoms with E-state index in [0.717, 1.165) is 55.3 Å². The molecule has 0 spiro atoms. The van der Waals surface area contributed by atoms with Gasteiger partial charge in [0.05, 0.1) is 13.2 Å². The zero-order valence-corrected chi connectivity index (χ0v) is 19.3. The number of benzene rings is 2. The Bertz CT molecular complexity index is 1180. The molecule has 7 nitrogen and oxygen atoms in total. The van der Waals surface area contributed by atoms with Crippen molar-refractivity contribution in [3.05, 3.63) is 76.0 Å². The summed E-state index contributed by atoms with van der Waals surface area (Å²) in [4.78, 5) is 15.3. The van der Waals surface area contributed by atoms with Gasteiger partial charge >= 0.3 is 0 Å². The van der Waals surface area contributed by atoms with E-state index in [2.05, 4.69) is 14.9 Å². The van der Waals surface area contributed by atoms with E-state index >= 15 is 0 Å². The average Bonchev–Trinajstić information content (AvgIpc) is 3.28. The van der Waals surface area contributed by atoms with Crippen molar-refractivity contribution in [3.8, 4) is 0 Å². The number of rotatable bonds is 7. The lowest BCUT2D eigenvalue weighted by Crippen LogP contribution is -2.35. The van der Waals surface area contributed by atoms with Crippen molar-refractivity contribution in [2.24, 2.45) is 0 Å². The fourth-order valence-corrected chi connectivity index (χ4v) is 5.84. The lowest BCUT2D eigenvalue weighted by molar-refractivity contribution is 0.0342. The molecule has 0 aliphatic carbocycles. The molecular weight excluding hydrogens is 446 g/mol. The molecule has 3 aromatic rings. The number of carbonyl (C=O) groups is 1. The highest BCUT2D eigenvalue weighted by Gasteiger charge is 2.24. The molecule has 168 valence electrons. The maximum Gasteiger partial charge on any atom is 0.267 e. The average molecular weight is 472 g/mol. The third-order valence-corrected chi connectivity index (χ3v) is 7.59. The summed E-state index contributed by atoms with van der Waals surface area (Å²) in [5.41, 5.74) is 3.18. The van der Waals surface area contributed by atoms with Crippen molar-refractivity contribution >= 4 is 38.6 Å². The van der Waals surface area contributed by atoms with Gasteiger partial charge in [-0.05, 0) is 48.2 Å². The standard InChI is InChI=1S/C23H25N3O4S2/c1-17-5-7-19(8-6-17)25-32(28,29)21-9-14-31-22(21)23(27)24-20-4-2-3-18(15-20)16-26-10-12-30-13-11-26/h2-9,14-15,25H,10-13,16H2,1H3,(H,24,27). The van der Waals surface area contributed by atoms with Crippen molar-refractivity contribution in [2.45, 2.75) is 18.4 Å². The fraction of sp³-hybridized carbons (Fsp3) is 0.261. The number of nitrogens with one attached hydrogen (secondary N) is 2. The number of thiophene rings is 1. The van der Waals surface area contributed by atoms with Gasteiger partial charge < -0.3 is 10.1 Å². The molecule has 32 heavy (non-hydrogen) atoms. The SMILES string of the molecule is Cc1ccc(NS(=O)(=O)c2ccsc2C(=O)Nc2cccc(CN3CCOCC3)c2)cc1. The minimum absolute atomic E-state index is 0.0370. The molecule has 1 aliphatic heterocycles. The maximum atomic E-state index is 12.9. The highest BCUT2D eigenvalue weighted by atomic mass is 32.2. The summed E-state index contributed by atoms with van der Waals surface area (Å²) in [6.07, 6.45) is 0. The predicted octanol–water partition coefficient (Wildman–Crippen LogP) is 3.94. The van der Waals surface area contributed by atoms with Crippen LogP contribution in [-0.4, -0.2) is 45.5 Å². The van der Waals surface area contributed by atoms with Gasteiger partial charge in [0, 0.05) is 31.0 Å². The van der Waals surface area contributed by atoms with Gasteiger partial charge in [0.25, 0.3) is 15.9 Å². The number of morpholine rings is 1. The molecule has 0 bridgehead atoms. The van der Waals surface area contributed by atoms with E-state index in [1.807, 2.05) is 37.3 Å². The summed E-state index contributed by atoms with van der Waals surface area (Å²) in [5.74, 6) is -0.451. The van der Waals surface area contributed by atoms with E-state index in [-0.39, 0.29) is 9.77 Å². The lowest BCUT2D eigenvalue weighted by atomic mass is 10.2. The van der Waals surface area contributed by atoms with Gasteiger partial charge in [-0.15, -0.1) is 11.3 Å². The molecule has 1 aliphatic rings.